The molecule has 0 aromatic heterocycles. The highest BCUT2D eigenvalue weighted by atomic mass is 16.6. The molecule has 128 valence electrons. The van der Waals surface area contributed by atoms with Gasteiger partial charge in [0.05, 0.1) is 6.54 Å². The normalized spacial score (nSPS) is 19.2. The van der Waals surface area contributed by atoms with Gasteiger partial charge in [-0.25, -0.2) is 4.79 Å². The second kappa shape index (κ2) is 6.86. The minimum Gasteiger partial charge on any atom is -0.444 e. The second-order valence-corrected chi connectivity index (χ2v) is 7.86. The Morgan fingerprint density at radius 1 is 1.23 bits per heavy atom. The Morgan fingerprint density at radius 2 is 1.82 bits per heavy atom. The van der Waals surface area contributed by atoms with Gasteiger partial charge in [-0.2, -0.15) is 0 Å². The van der Waals surface area contributed by atoms with E-state index < -0.39 is 5.60 Å². The van der Waals surface area contributed by atoms with Crippen molar-refractivity contribution in [2.75, 3.05) is 26.2 Å². The highest BCUT2D eigenvalue weighted by molar-refractivity contribution is 5.78. The average Bonchev–Trinajstić information content (AvgIpc) is 2.27. The Labute approximate surface area is 134 Å². The molecule has 0 spiro atoms. The summed E-state index contributed by atoms with van der Waals surface area (Å²) in [4.78, 5) is 28.0. The third-order valence-corrected chi connectivity index (χ3v) is 3.51. The average molecular weight is 313 g/mol. The molecule has 0 aromatic carbocycles. The molecule has 0 unspecified atom stereocenters. The molecule has 0 aromatic rings. The van der Waals surface area contributed by atoms with Crippen LogP contribution in [0.3, 0.4) is 0 Å². The fourth-order valence-electron chi connectivity index (χ4n) is 2.51. The monoisotopic (exact) mass is 313 g/mol. The minimum atomic E-state index is -0.491. The molecule has 2 amide bonds. The van der Waals surface area contributed by atoms with E-state index >= 15 is 0 Å². The standard InChI is InChI=1S/C16H31N3O3/c1-12(2)17-13(20)10-19-9-8-18(11-16(19,6)7)14(21)22-15(3,4)5/h12H,8-11H2,1-7H3,(H,17,20). The van der Waals surface area contributed by atoms with Crippen LogP contribution in [-0.2, 0) is 9.53 Å². The number of piperazine rings is 1. The highest BCUT2D eigenvalue weighted by Gasteiger charge is 2.37. The number of ether oxygens (including phenoxy) is 1. The molecule has 1 aliphatic heterocycles. The van der Waals surface area contributed by atoms with Gasteiger partial charge in [0.1, 0.15) is 5.60 Å². The molecule has 1 saturated heterocycles. The third-order valence-electron chi connectivity index (χ3n) is 3.51. The fourth-order valence-corrected chi connectivity index (χ4v) is 2.51. The molecule has 1 aliphatic rings. The molecule has 0 radical (unpaired) electrons. The van der Waals surface area contributed by atoms with Crippen LogP contribution in [0.15, 0.2) is 0 Å². The first-order valence-electron chi connectivity index (χ1n) is 7.93. The topological polar surface area (TPSA) is 61.9 Å². The second-order valence-electron chi connectivity index (χ2n) is 7.86. The van der Waals surface area contributed by atoms with Crippen LogP contribution in [-0.4, -0.2) is 65.2 Å². The van der Waals surface area contributed by atoms with Gasteiger partial charge in [-0.05, 0) is 48.5 Å². The number of nitrogens with zero attached hydrogens (tertiary/aromatic N) is 2. The first-order valence-corrected chi connectivity index (χ1v) is 7.93. The largest absolute Gasteiger partial charge is 0.444 e. The van der Waals surface area contributed by atoms with E-state index in [4.69, 9.17) is 4.74 Å². The quantitative estimate of drug-likeness (QED) is 0.863. The zero-order valence-corrected chi connectivity index (χ0v) is 15.0. The number of rotatable bonds is 3. The van der Waals surface area contributed by atoms with Crippen molar-refractivity contribution in [3.63, 3.8) is 0 Å². The fraction of sp³-hybridized carbons (Fsp3) is 0.875. The first-order chi connectivity index (χ1) is 9.90. The summed E-state index contributed by atoms with van der Waals surface area (Å²) in [5.41, 5.74) is -0.751. The molecule has 22 heavy (non-hydrogen) atoms. The zero-order valence-electron chi connectivity index (χ0n) is 15.0. The molecule has 0 saturated carbocycles. The molecular formula is C16H31N3O3. The number of carbonyl (C=O) groups is 2. The van der Waals surface area contributed by atoms with E-state index in [2.05, 4.69) is 10.2 Å². The number of nitrogens with one attached hydrogen (secondary N) is 1. The van der Waals surface area contributed by atoms with Gasteiger partial charge in [0.2, 0.25) is 5.91 Å². The van der Waals surface area contributed by atoms with E-state index in [-0.39, 0.29) is 23.6 Å². The van der Waals surface area contributed by atoms with Crippen LogP contribution in [0.2, 0.25) is 0 Å². The van der Waals surface area contributed by atoms with Crippen molar-refractivity contribution in [2.45, 2.75) is 65.6 Å². The molecule has 1 heterocycles. The molecule has 6 heteroatoms. The summed E-state index contributed by atoms with van der Waals surface area (Å²) in [5.74, 6) is 0.0220. The molecule has 0 aliphatic carbocycles. The van der Waals surface area contributed by atoms with E-state index in [9.17, 15) is 9.59 Å². The number of carbonyl (C=O) groups excluding carboxylic acids is 2. The van der Waals surface area contributed by atoms with Crippen molar-refractivity contribution >= 4 is 12.0 Å². The van der Waals surface area contributed by atoms with Crippen LogP contribution in [0.5, 0.6) is 0 Å². The third kappa shape index (κ3) is 5.83. The van der Waals surface area contributed by atoms with Crippen LogP contribution >= 0.6 is 0 Å². The maximum Gasteiger partial charge on any atom is 0.410 e. The zero-order chi connectivity index (χ0) is 17.1. The van der Waals surface area contributed by atoms with Gasteiger partial charge in [-0.3, -0.25) is 9.69 Å². The molecule has 1 fully saturated rings. The van der Waals surface area contributed by atoms with Crippen molar-refractivity contribution in [3.8, 4) is 0 Å². The summed E-state index contributed by atoms with van der Waals surface area (Å²) in [5, 5.41) is 2.91. The smallest absolute Gasteiger partial charge is 0.410 e. The Bertz CT molecular complexity index is 413. The van der Waals surface area contributed by atoms with Crippen molar-refractivity contribution in [1.82, 2.24) is 15.1 Å². The number of hydrogen-bond donors (Lipinski definition) is 1. The first kappa shape index (κ1) is 18.7. The minimum absolute atomic E-state index is 0.0220. The summed E-state index contributed by atoms with van der Waals surface area (Å²) >= 11 is 0. The lowest BCUT2D eigenvalue weighted by Crippen LogP contribution is -2.62. The van der Waals surface area contributed by atoms with Crippen LogP contribution in [0, 0.1) is 0 Å². The Morgan fingerprint density at radius 3 is 2.27 bits per heavy atom. The lowest BCUT2D eigenvalue weighted by molar-refractivity contribution is -0.125. The Balaban J connectivity index is 2.61. The van der Waals surface area contributed by atoms with Gasteiger partial charge < -0.3 is 15.0 Å². The van der Waals surface area contributed by atoms with E-state index in [0.29, 0.717) is 26.2 Å². The van der Waals surface area contributed by atoms with Crippen molar-refractivity contribution in [3.05, 3.63) is 0 Å². The van der Waals surface area contributed by atoms with Crippen LogP contribution in [0.25, 0.3) is 0 Å². The van der Waals surface area contributed by atoms with Crippen molar-refractivity contribution < 1.29 is 14.3 Å². The Hall–Kier alpha value is -1.30. The molecule has 0 atom stereocenters. The van der Waals surface area contributed by atoms with Crippen LogP contribution in [0.1, 0.15) is 48.5 Å². The molecule has 0 bridgehead atoms. The summed E-state index contributed by atoms with van der Waals surface area (Å²) in [6.07, 6.45) is -0.285. The van der Waals surface area contributed by atoms with Crippen molar-refractivity contribution in [1.29, 1.82) is 0 Å². The molecule has 6 nitrogen and oxygen atoms in total. The van der Waals surface area contributed by atoms with Gasteiger partial charge in [0.15, 0.2) is 0 Å². The lowest BCUT2D eigenvalue weighted by atomic mass is 9.99. The summed E-state index contributed by atoms with van der Waals surface area (Å²) in [6.45, 7) is 15.7. The van der Waals surface area contributed by atoms with Crippen molar-refractivity contribution in [2.24, 2.45) is 0 Å². The van der Waals surface area contributed by atoms with Gasteiger partial charge in [-0.1, -0.05) is 0 Å². The number of amides is 2. The SMILES string of the molecule is CC(C)NC(=O)CN1CCN(C(=O)OC(C)(C)C)CC1(C)C. The van der Waals surface area contributed by atoms with E-state index in [0.717, 1.165) is 0 Å². The van der Waals surface area contributed by atoms with E-state index in [1.807, 2.05) is 48.5 Å². The maximum absolute atomic E-state index is 12.2. The van der Waals surface area contributed by atoms with Crippen LogP contribution in [0.4, 0.5) is 4.79 Å². The molecule has 1 N–H and O–H groups in total. The summed E-state index contributed by atoms with van der Waals surface area (Å²) < 4.78 is 5.43. The molecule has 1 rings (SSSR count). The van der Waals surface area contributed by atoms with Gasteiger partial charge in [0.25, 0.3) is 0 Å². The Kier molecular flexibility index (Phi) is 5.84. The summed E-state index contributed by atoms with van der Waals surface area (Å²) in [6, 6.07) is 0.138. The highest BCUT2D eigenvalue weighted by Crippen LogP contribution is 2.22. The summed E-state index contributed by atoms with van der Waals surface area (Å²) in [7, 11) is 0. The molecular weight excluding hydrogens is 282 g/mol. The van der Waals surface area contributed by atoms with Gasteiger partial charge in [-0.15, -0.1) is 0 Å². The van der Waals surface area contributed by atoms with Crippen LogP contribution < -0.4 is 5.32 Å². The van der Waals surface area contributed by atoms with Gasteiger partial charge in [0, 0.05) is 31.2 Å². The maximum atomic E-state index is 12.2. The lowest BCUT2D eigenvalue weighted by Gasteiger charge is -2.46. The van der Waals surface area contributed by atoms with E-state index in [1.165, 1.54) is 0 Å². The predicted octanol–water partition coefficient (Wildman–Crippen LogP) is 1.84. The predicted molar refractivity (Wildman–Crippen MR) is 86.7 cm³/mol. The van der Waals surface area contributed by atoms with E-state index in [1.54, 1.807) is 4.90 Å². The van der Waals surface area contributed by atoms with Gasteiger partial charge >= 0.3 is 6.09 Å². The number of hydrogen-bond acceptors (Lipinski definition) is 4.